The van der Waals surface area contributed by atoms with E-state index in [4.69, 9.17) is 34.8 Å². The normalized spacial score (nSPS) is 26.3. The van der Waals surface area contributed by atoms with Crippen molar-refractivity contribution in [1.82, 2.24) is 5.32 Å². The Morgan fingerprint density at radius 2 is 1.73 bits per heavy atom. The van der Waals surface area contributed by atoms with E-state index in [1.807, 2.05) is 52.0 Å². The van der Waals surface area contributed by atoms with Crippen LogP contribution in [0.2, 0.25) is 5.02 Å². The fraction of sp³-hybridized carbons (Fsp3) is 0.588. The molecular formula is C17H22Cl3NO. The predicted octanol–water partition coefficient (Wildman–Crippen LogP) is 5.52. The van der Waals surface area contributed by atoms with E-state index in [1.165, 1.54) is 0 Å². The molecular weight excluding hydrogens is 341 g/mol. The lowest BCUT2D eigenvalue weighted by Gasteiger charge is -2.22. The van der Waals surface area contributed by atoms with Crippen molar-refractivity contribution >= 4 is 40.7 Å². The van der Waals surface area contributed by atoms with Gasteiger partial charge in [-0.25, -0.2) is 0 Å². The zero-order valence-electron chi connectivity index (χ0n) is 13.3. The maximum Gasteiger partial charge on any atom is 0.230 e. The topological polar surface area (TPSA) is 29.1 Å². The van der Waals surface area contributed by atoms with E-state index < -0.39 is 15.2 Å². The summed E-state index contributed by atoms with van der Waals surface area (Å²) in [5.41, 5.74) is -0.181. The van der Waals surface area contributed by atoms with Crippen LogP contribution in [0.3, 0.4) is 0 Å². The van der Waals surface area contributed by atoms with Crippen molar-refractivity contribution in [2.75, 3.05) is 0 Å². The van der Waals surface area contributed by atoms with Crippen molar-refractivity contribution in [3.63, 3.8) is 0 Å². The van der Waals surface area contributed by atoms with Crippen LogP contribution >= 0.6 is 34.8 Å². The van der Waals surface area contributed by atoms with Crippen molar-refractivity contribution in [1.29, 1.82) is 0 Å². The number of benzene rings is 1. The molecule has 1 amide bonds. The second-order valence-electron chi connectivity index (χ2n) is 6.60. The highest BCUT2D eigenvalue weighted by atomic mass is 35.5. The Labute approximate surface area is 147 Å². The summed E-state index contributed by atoms with van der Waals surface area (Å²) in [6.07, 6.45) is 1.53. The molecule has 1 N–H and O–H groups in total. The van der Waals surface area contributed by atoms with E-state index in [1.54, 1.807) is 0 Å². The van der Waals surface area contributed by atoms with E-state index in [0.29, 0.717) is 11.4 Å². The van der Waals surface area contributed by atoms with Gasteiger partial charge in [0.1, 0.15) is 4.33 Å². The summed E-state index contributed by atoms with van der Waals surface area (Å²) in [6, 6.07) is 7.32. The van der Waals surface area contributed by atoms with E-state index in [9.17, 15) is 4.79 Å². The molecule has 5 heteroatoms. The first-order valence-electron chi connectivity index (χ1n) is 7.56. The molecule has 2 nitrogen and oxygen atoms in total. The van der Waals surface area contributed by atoms with E-state index in [-0.39, 0.29) is 11.9 Å². The van der Waals surface area contributed by atoms with Gasteiger partial charge in [-0.3, -0.25) is 4.79 Å². The highest BCUT2D eigenvalue weighted by Crippen LogP contribution is 2.79. The molecule has 2 atom stereocenters. The lowest BCUT2D eigenvalue weighted by Crippen LogP contribution is -2.38. The van der Waals surface area contributed by atoms with Crippen LogP contribution in [0.4, 0.5) is 0 Å². The second kappa shape index (κ2) is 5.89. The molecule has 1 aliphatic carbocycles. The Hall–Kier alpha value is -0.440. The Bertz CT molecular complexity index is 552. The van der Waals surface area contributed by atoms with E-state index in [2.05, 4.69) is 5.32 Å². The van der Waals surface area contributed by atoms with Gasteiger partial charge in [-0.2, -0.15) is 0 Å². The van der Waals surface area contributed by atoms with Crippen LogP contribution in [-0.2, 0) is 4.79 Å². The minimum Gasteiger partial charge on any atom is -0.349 e. The van der Waals surface area contributed by atoms with E-state index in [0.717, 1.165) is 12.0 Å². The average Bonchev–Trinajstić information content (AvgIpc) is 2.78. The Morgan fingerprint density at radius 1 is 1.23 bits per heavy atom. The van der Waals surface area contributed by atoms with Crippen LogP contribution in [0, 0.1) is 10.8 Å². The molecule has 0 bridgehead atoms. The number of nitrogens with one attached hydrogen (secondary N) is 1. The SMILES string of the molecule is CCCC1(C(=O)NC(C)c2ccc(Cl)cc2)C(C)(C)C1(Cl)Cl. The van der Waals surface area contributed by atoms with Crippen molar-refractivity contribution in [2.24, 2.45) is 10.8 Å². The number of hydrogen-bond donors (Lipinski definition) is 1. The average molecular weight is 363 g/mol. The minimum absolute atomic E-state index is 0.0770. The summed E-state index contributed by atoms with van der Waals surface area (Å²) >= 11 is 18.8. The molecule has 122 valence electrons. The van der Waals surface area contributed by atoms with Gasteiger partial charge in [-0.05, 0) is 31.0 Å². The van der Waals surface area contributed by atoms with E-state index >= 15 is 0 Å². The van der Waals surface area contributed by atoms with Gasteiger partial charge < -0.3 is 5.32 Å². The molecule has 0 aromatic heterocycles. The lowest BCUT2D eigenvalue weighted by molar-refractivity contribution is -0.128. The number of carbonyl (C=O) groups is 1. The maximum absolute atomic E-state index is 12.9. The quantitative estimate of drug-likeness (QED) is 0.687. The molecule has 1 aromatic rings. The molecule has 1 saturated carbocycles. The fourth-order valence-electron chi connectivity index (χ4n) is 3.39. The first kappa shape index (κ1) is 17.9. The summed E-state index contributed by atoms with van der Waals surface area (Å²) < 4.78 is -1.03. The van der Waals surface area contributed by atoms with Crippen LogP contribution in [0.25, 0.3) is 0 Å². The molecule has 1 aromatic carbocycles. The van der Waals surface area contributed by atoms with Crippen molar-refractivity contribution in [3.05, 3.63) is 34.9 Å². The largest absolute Gasteiger partial charge is 0.349 e. The van der Waals surface area contributed by atoms with Crippen molar-refractivity contribution in [3.8, 4) is 0 Å². The minimum atomic E-state index is -1.03. The highest BCUT2D eigenvalue weighted by Gasteiger charge is 2.84. The summed E-state index contributed by atoms with van der Waals surface area (Å²) in [6.45, 7) is 7.89. The molecule has 0 spiro atoms. The summed E-state index contributed by atoms with van der Waals surface area (Å²) in [4.78, 5) is 12.9. The van der Waals surface area contributed by atoms with Gasteiger partial charge in [0, 0.05) is 10.4 Å². The zero-order chi connectivity index (χ0) is 16.8. The molecule has 22 heavy (non-hydrogen) atoms. The molecule has 0 aliphatic heterocycles. The van der Waals surface area contributed by atoms with Crippen molar-refractivity contribution < 1.29 is 4.79 Å². The highest BCUT2D eigenvalue weighted by molar-refractivity contribution is 6.54. The van der Waals surface area contributed by atoms with Crippen LogP contribution in [0.15, 0.2) is 24.3 Å². The van der Waals surface area contributed by atoms with Crippen LogP contribution in [-0.4, -0.2) is 10.2 Å². The predicted molar refractivity (Wildman–Crippen MR) is 93.6 cm³/mol. The first-order chi connectivity index (χ1) is 10.1. The molecule has 2 unspecified atom stereocenters. The standard InChI is InChI=1S/C17H22Cl3NO/c1-5-10-16(15(3,4)17(16,19)20)14(22)21-11(2)12-6-8-13(18)9-7-12/h6-9,11H,5,10H2,1-4H3,(H,21,22). The van der Waals surface area contributed by atoms with Crippen LogP contribution in [0.5, 0.6) is 0 Å². The third-order valence-electron chi connectivity index (χ3n) is 5.06. The Kier molecular flexibility index (Phi) is 4.79. The Balaban J connectivity index is 2.19. The molecule has 1 fully saturated rings. The molecule has 2 rings (SSSR count). The lowest BCUT2D eigenvalue weighted by atomic mass is 9.89. The van der Waals surface area contributed by atoms with Crippen LogP contribution in [0.1, 0.15) is 52.1 Å². The molecule has 0 radical (unpaired) electrons. The number of alkyl halides is 2. The van der Waals surface area contributed by atoms with Gasteiger partial charge in [0.2, 0.25) is 5.91 Å². The third kappa shape index (κ3) is 2.44. The summed E-state index contributed by atoms with van der Waals surface area (Å²) in [5.74, 6) is -0.0770. The number of hydrogen-bond acceptors (Lipinski definition) is 1. The number of carbonyl (C=O) groups excluding carboxylic acids is 1. The number of rotatable bonds is 5. The van der Waals surface area contributed by atoms with Gasteiger partial charge in [-0.1, -0.05) is 74.1 Å². The molecule has 0 saturated heterocycles. The monoisotopic (exact) mass is 361 g/mol. The summed E-state index contributed by atoms with van der Waals surface area (Å²) in [5, 5.41) is 3.74. The van der Waals surface area contributed by atoms with Gasteiger partial charge in [0.15, 0.2) is 0 Å². The van der Waals surface area contributed by atoms with Crippen LogP contribution < -0.4 is 5.32 Å². The molecule has 1 aliphatic rings. The number of amides is 1. The second-order valence-corrected chi connectivity index (χ2v) is 8.37. The number of halogens is 3. The maximum atomic E-state index is 12.9. The van der Waals surface area contributed by atoms with Gasteiger partial charge in [0.05, 0.1) is 11.5 Å². The van der Waals surface area contributed by atoms with Gasteiger partial charge in [-0.15, -0.1) is 0 Å². The smallest absolute Gasteiger partial charge is 0.230 e. The fourth-order valence-corrected chi connectivity index (χ4v) is 4.58. The summed E-state index contributed by atoms with van der Waals surface area (Å²) in [7, 11) is 0. The first-order valence-corrected chi connectivity index (χ1v) is 8.69. The molecule has 0 heterocycles. The van der Waals surface area contributed by atoms with Gasteiger partial charge >= 0.3 is 0 Å². The van der Waals surface area contributed by atoms with Crippen molar-refractivity contribution in [2.45, 2.75) is 50.9 Å². The zero-order valence-corrected chi connectivity index (χ0v) is 15.6. The Morgan fingerprint density at radius 3 is 2.14 bits per heavy atom. The third-order valence-corrected chi connectivity index (χ3v) is 6.90. The van der Waals surface area contributed by atoms with Gasteiger partial charge in [0.25, 0.3) is 0 Å².